The Labute approximate surface area is 116 Å². The predicted molar refractivity (Wildman–Crippen MR) is 77.6 cm³/mol. The minimum atomic E-state index is 0.273. The fraction of sp³-hybridized carbons (Fsp3) is 0.667. The fourth-order valence-corrected chi connectivity index (χ4v) is 1.95. The number of nitrogens with one attached hydrogen (secondary N) is 1. The summed E-state index contributed by atoms with van der Waals surface area (Å²) < 4.78 is 11.1. The Morgan fingerprint density at radius 3 is 2.74 bits per heavy atom. The lowest BCUT2D eigenvalue weighted by Gasteiger charge is -2.18. The lowest BCUT2D eigenvalue weighted by molar-refractivity contribution is 0.124. The van der Waals surface area contributed by atoms with Gasteiger partial charge in [-0.2, -0.15) is 0 Å². The van der Waals surface area contributed by atoms with Crippen LogP contribution in [-0.4, -0.2) is 31.3 Å². The molecule has 0 radical (unpaired) electrons. The van der Waals surface area contributed by atoms with Crippen molar-refractivity contribution in [3.05, 3.63) is 24.0 Å². The highest BCUT2D eigenvalue weighted by Crippen LogP contribution is 2.20. The zero-order valence-corrected chi connectivity index (χ0v) is 12.3. The van der Waals surface area contributed by atoms with Crippen molar-refractivity contribution in [1.29, 1.82) is 0 Å². The summed E-state index contributed by atoms with van der Waals surface area (Å²) in [6, 6.07) is 2.33. The standard InChI is InChI=1S/C15H26N2O2/c1-4-8-18-9-7-15(17-5-2)13-10-14(19-6-3)12-16-11-13/h10-12,15,17H,4-9H2,1-3H3. The topological polar surface area (TPSA) is 43.4 Å². The maximum Gasteiger partial charge on any atom is 0.137 e. The highest BCUT2D eigenvalue weighted by atomic mass is 16.5. The highest BCUT2D eigenvalue weighted by Gasteiger charge is 2.11. The Bertz CT molecular complexity index is 345. The third-order valence-electron chi connectivity index (χ3n) is 2.80. The number of nitrogens with zero attached hydrogens (tertiary/aromatic N) is 1. The van der Waals surface area contributed by atoms with Gasteiger partial charge in [-0.15, -0.1) is 0 Å². The van der Waals surface area contributed by atoms with Gasteiger partial charge >= 0.3 is 0 Å². The number of hydrogen-bond donors (Lipinski definition) is 1. The van der Waals surface area contributed by atoms with E-state index in [1.54, 1.807) is 6.20 Å². The summed E-state index contributed by atoms with van der Waals surface area (Å²) in [5, 5.41) is 3.47. The van der Waals surface area contributed by atoms with Gasteiger partial charge in [0.1, 0.15) is 5.75 Å². The molecule has 0 bridgehead atoms. The Morgan fingerprint density at radius 1 is 1.21 bits per heavy atom. The van der Waals surface area contributed by atoms with Crippen LogP contribution in [-0.2, 0) is 4.74 Å². The summed E-state index contributed by atoms with van der Waals surface area (Å²) in [5.41, 5.74) is 1.16. The minimum Gasteiger partial charge on any atom is -0.492 e. The van der Waals surface area contributed by atoms with Crippen LogP contribution in [0.15, 0.2) is 18.5 Å². The largest absolute Gasteiger partial charge is 0.492 e. The zero-order valence-electron chi connectivity index (χ0n) is 12.3. The van der Waals surface area contributed by atoms with Crippen LogP contribution in [0.3, 0.4) is 0 Å². The van der Waals surface area contributed by atoms with Crippen LogP contribution in [0.2, 0.25) is 0 Å². The van der Waals surface area contributed by atoms with E-state index < -0.39 is 0 Å². The number of hydrogen-bond acceptors (Lipinski definition) is 4. The third-order valence-corrected chi connectivity index (χ3v) is 2.80. The molecule has 4 heteroatoms. The first-order chi connectivity index (χ1) is 9.31. The summed E-state index contributed by atoms with van der Waals surface area (Å²) >= 11 is 0. The second-order valence-corrected chi connectivity index (χ2v) is 4.40. The maximum atomic E-state index is 5.57. The molecule has 0 aliphatic carbocycles. The molecular formula is C15H26N2O2. The van der Waals surface area contributed by atoms with Crippen molar-refractivity contribution in [3.8, 4) is 5.75 Å². The maximum absolute atomic E-state index is 5.57. The van der Waals surface area contributed by atoms with Crippen molar-refractivity contribution < 1.29 is 9.47 Å². The molecule has 1 N–H and O–H groups in total. The Hall–Kier alpha value is -1.13. The van der Waals surface area contributed by atoms with Gasteiger partial charge in [0.2, 0.25) is 0 Å². The third kappa shape index (κ3) is 6.03. The Morgan fingerprint density at radius 2 is 2.05 bits per heavy atom. The molecule has 108 valence electrons. The number of ether oxygens (including phenoxy) is 2. The Balaban J connectivity index is 2.60. The van der Waals surface area contributed by atoms with Gasteiger partial charge in [-0.05, 0) is 37.9 Å². The molecule has 0 fully saturated rings. The van der Waals surface area contributed by atoms with Crippen molar-refractivity contribution in [2.75, 3.05) is 26.4 Å². The molecule has 0 aromatic carbocycles. The van der Waals surface area contributed by atoms with Gasteiger partial charge in [0.25, 0.3) is 0 Å². The smallest absolute Gasteiger partial charge is 0.137 e. The molecule has 1 atom stereocenters. The Kier molecular flexibility index (Phi) is 8.18. The average Bonchev–Trinajstić information content (AvgIpc) is 2.43. The minimum absolute atomic E-state index is 0.273. The molecular weight excluding hydrogens is 240 g/mol. The van der Waals surface area contributed by atoms with Gasteiger partial charge in [-0.1, -0.05) is 13.8 Å². The van der Waals surface area contributed by atoms with Crippen LogP contribution >= 0.6 is 0 Å². The van der Waals surface area contributed by atoms with Crippen LogP contribution < -0.4 is 10.1 Å². The number of aromatic nitrogens is 1. The van der Waals surface area contributed by atoms with E-state index in [-0.39, 0.29) is 6.04 Å². The van der Waals surface area contributed by atoms with Crippen molar-refractivity contribution in [1.82, 2.24) is 10.3 Å². The van der Waals surface area contributed by atoms with E-state index in [2.05, 4.69) is 30.2 Å². The van der Waals surface area contributed by atoms with E-state index in [9.17, 15) is 0 Å². The first-order valence-electron chi connectivity index (χ1n) is 7.20. The summed E-state index contributed by atoms with van der Waals surface area (Å²) in [4.78, 5) is 4.24. The monoisotopic (exact) mass is 266 g/mol. The number of pyridine rings is 1. The lowest BCUT2D eigenvalue weighted by atomic mass is 10.1. The first kappa shape index (κ1) is 15.9. The quantitative estimate of drug-likeness (QED) is 0.661. The molecule has 1 unspecified atom stereocenters. The van der Waals surface area contributed by atoms with Gasteiger partial charge in [-0.3, -0.25) is 4.98 Å². The average molecular weight is 266 g/mol. The first-order valence-corrected chi connectivity index (χ1v) is 7.20. The lowest BCUT2D eigenvalue weighted by Crippen LogP contribution is -2.22. The van der Waals surface area contributed by atoms with E-state index in [4.69, 9.17) is 9.47 Å². The van der Waals surface area contributed by atoms with E-state index in [1.165, 1.54) is 0 Å². The van der Waals surface area contributed by atoms with Crippen LogP contribution in [0.1, 0.15) is 45.2 Å². The van der Waals surface area contributed by atoms with E-state index in [1.807, 2.05) is 13.1 Å². The van der Waals surface area contributed by atoms with Crippen molar-refractivity contribution in [2.45, 2.75) is 39.7 Å². The van der Waals surface area contributed by atoms with Gasteiger partial charge in [0.15, 0.2) is 0 Å². The molecule has 1 rings (SSSR count). The van der Waals surface area contributed by atoms with Crippen LogP contribution in [0.4, 0.5) is 0 Å². The molecule has 0 saturated carbocycles. The summed E-state index contributed by atoms with van der Waals surface area (Å²) in [6.45, 7) is 9.40. The molecule has 1 heterocycles. The zero-order chi connectivity index (χ0) is 13.9. The van der Waals surface area contributed by atoms with Gasteiger partial charge < -0.3 is 14.8 Å². The van der Waals surface area contributed by atoms with Crippen molar-refractivity contribution >= 4 is 0 Å². The molecule has 0 saturated heterocycles. The van der Waals surface area contributed by atoms with E-state index in [0.29, 0.717) is 6.61 Å². The fourth-order valence-electron chi connectivity index (χ4n) is 1.95. The molecule has 0 aliphatic rings. The SMILES string of the molecule is CCCOCCC(NCC)c1cncc(OCC)c1. The molecule has 19 heavy (non-hydrogen) atoms. The van der Waals surface area contributed by atoms with Crippen LogP contribution in [0, 0.1) is 0 Å². The second-order valence-electron chi connectivity index (χ2n) is 4.40. The van der Waals surface area contributed by atoms with Gasteiger partial charge in [-0.25, -0.2) is 0 Å². The molecule has 0 amide bonds. The van der Waals surface area contributed by atoms with Gasteiger partial charge in [0, 0.05) is 25.5 Å². The molecule has 1 aromatic heterocycles. The van der Waals surface area contributed by atoms with Crippen LogP contribution in [0.25, 0.3) is 0 Å². The molecule has 1 aromatic rings. The number of rotatable bonds is 10. The normalized spacial score (nSPS) is 12.4. The van der Waals surface area contributed by atoms with Gasteiger partial charge in [0.05, 0.1) is 12.8 Å². The second kappa shape index (κ2) is 9.75. The molecule has 0 spiro atoms. The summed E-state index contributed by atoms with van der Waals surface area (Å²) in [7, 11) is 0. The van der Waals surface area contributed by atoms with Crippen molar-refractivity contribution in [3.63, 3.8) is 0 Å². The van der Waals surface area contributed by atoms with Crippen LogP contribution in [0.5, 0.6) is 5.75 Å². The van der Waals surface area contributed by atoms with E-state index >= 15 is 0 Å². The molecule has 4 nitrogen and oxygen atoms in total. The molecule has 0 aliphatic heterocycles. The highest BCUT2D eigenvalue weighted by molar-refractivity contribution is 5.26. The predicted octanol–water partition coefficient (Wildman–Crippen LogP) is 2.95. The summed E-state index contributed by atoms with van der Waals surface area (Å²) in [6.07, 6.45) is 5.66. The van der Waals surface area contributed by atoms with E-state index in [0.717, 1.165) is 43.9 Å². The van der Waals surface area contributed by atoms with Crippen molar-refractivity contribution in [2.24, 2.45) is 0 Å². The summed E-state index contributed by atoms with van der Waals surface area (Å²) in [5.74, 6) is 0.831.